The number of ether oxygens (including phenoxy) is 1. The number of nitrogens with zero attached hydrogens (tertiary/aromatic N) is 7. The van der Waals surface area contributed by atoms with Crippen LogP contribution in [0.25, 0.3) is 16.9 Å². The van der Waals surface area contributed by atoms with Crippen molar-refractivity contribution in [2.45, 2.75) is 44.1 Å². The molecule has 1 amide bonds. The Morgan fingerprint density at radius 1 is 1.24 bits per heavy atom. The van der Waals surface area contributed by atoms with E-state index in [0.717, 1.165) is 38.2 Å². The maximum atomic E-state index is 14.4. The lowest BCUT2D eigenvalue weighted by atomic mass is 10.0. The van der Waals surface area contributed by atoms with Gasteiger partial charge >= 0.3 is 0 Å². The second-order valence-electron chi connectivity index (χ2n) is 11.3. The van der Waals surface area contributed by atoms with Gasteiger partial charge in [-0.05, 0) is 44.5 Å². The number of aliphatic hydroxyl groups is 1. The Balaban J connectivity index is 1.28. The highest BCUT2D eigenvalue weighted by Crippen LogP contribution is 2.30. The summed E-state index contributed by atoms with van der Waals surface area (Å²) in [7, 11) is 0. The predicted molar refractivity (Wildman–Crippen MR) is 152 cm³/mol. The van der Waals surface area contributed by atoms with Gasteiger partial charge in [0, 0.05) is 25.5 Å². The number of rotatable bonds is 9. The fourth-order valence-electron chi connectivity index (χ4n) is 5.17. The second kappa shape index (κ2) is 11.1. The van der Waals surface area contributed by atoms with Crippen molar-refractivity contribution in [3.05, 3.63) is 60.2 Å². The second-order valence-corrected chi connectivity index (χ2v) is 11.3. The van der Waals surface area contributed by atoms with Gasteiger partial charge < -0.3 is 20.5 Å². The van der Waals surface area contributed by atoms with Gasteiger partial charge in [0.25, 0.3) is 5.91 Å². The zero-order valence-corrected chi connectivity index (χ0v) is 23.4. The van der Waals surface area contributed by atoms with Gasteiger partial charge in [-0.1, -0.05) is 0 Å². The minimum Gasteiger partial charge on any atom is -0.387 e. The van der Waals surface area contributed by atoms with E-state index < -0.39 is 17.7 Å². The van der Waals surface area contributed by atoms with Crippen LogP contribution >= 0.6 is 0 Å². The quantitative estimate of drug-likeness (QED) is 0.275. The number of hydrogen-bond donors (Lipinski definition) is 3. The first-order valence-corrected chi connectivity index (χ1v) is 13.9. The number of carbonyl (C=O) groups is 1. The van der Waals surface area contributed by atoms with Gasteiger partial charge in [0.15, 0.2) is 0 Å². The number of pyridine rings is 1. The molecule has 2 aliphatic rings. The first kappa shape index (κ1) is 27.8. The number of halogens is 1. The lowest BCUT2D eigenvalue weighted by Crippen LogP contribution is -2.47. The van der Waals surface area contributed by atoms with Crippen molar-refractivity contribution >= 4 is 22.8 Å². The molecule has 4 aromatic heterocycles. The summed E-state index contributed by atoms with van der Waals surface area (Å²) in [5.74, 6) is -0.540. The third-order valence-corrected chi connectivity index (χ3v) is 7.84. The molecule has 0 aliphatic carbocycles. The molecule has 6 rings (SSSR count). The molecule has 2 aliphatic heterocycles. The van der Waals surface area contributed by atoms with Crippen LogP contribution in [0, 0.1) is 11.3 Å². The smallest absolute Gasteiger partial charge is 0.255 e. The molecule has 0 spiro atoms. The summed E-state index contributed by atoms with van der Waals surface area (Å²) in [5, 5.41) is 34.0. The Labute approximate surface area is 241 Å². The summed E-state index contributed by atoms with van der Waals surface area (Å²) in [5.41, 5.74) is 2.10. The van der Waals surface area contributed by atoms with E-state index >= 15 is 0 Å². The zero-order chi connectivity index (χ0) is 29.4. The molecule has 0 radical (unpaired) electrons. The van der Waals surface area contributed by atoms with Crippen LogP contribution in [-0.4, -0.2) is 91.0 Å². The standard InChI is InChI=1S/C29H32FN9O3/c1-29(2,41)27(30)13-33-28(40)23-12-32-25(26-4-3-20-7-18(9-31)10-35-39(20)26)8-24(23)36-19-11-34-38(14-19)21-5-6-37(15-21)22-16-42-17-22/h3-4,7-8,10-12,14,21-22,27,41H,5-6,13,15-17H2,1-2H3,(H,32,36)(H,33,40)/t21-,27+/m0/s1. The number of hydrogen-bond acceptors (Lipinski definition) is 9. The van der Waals surface area contributed by atoms with E-state index in [-0.39, 0.29) is 18.2 Å². The van der Waals surface area contributed by atoms with Crippen molar-refractivity contribution < 1.29 is 19.0 Å². The van der Waals surface area contributed by atoms with Gasteiger partial charge in [-0.25, -0.2) is 8.91 Å². The third-order valence-electron chi connectivity index (χ3n) is 7.84. The van der Waals surface area contributed by atoms with Crippen LogP contribution in [0.15, 0.2) is 49.1 Å². The normalized spacial score (nSPS) is 18.5. The average Bonchev–Trinajstić information content (AvgIpc) is 3.69. The van der Waals surface area contributed by atoms with E-state index in [2.05, 4.69) is 36.8 Å². The first-order chi connectivity index (χ1) is 20.2. The fourth-order valence-corrected chi connectivity index (χ4v) is 5.17. The molecular weight excluding hydrogens is 541 g/mol. The molecule has 42 heavy (non-hydrogen) atoms. The summed E-state index contributed by atoms with van der Waals surface area (Å²) >= 11 is 0. The van der Waals surface area contributed by atoms with Crippen molar-refractivity contribution in [1.29, 1.82) is 5.26 Å². The Morgan fingerprint density at radius 3 is 2.81 bits per heavy atom. The number of alkyl halides is 1. The van der Waals surface area contributed by atoms with Crippen molar-refractivity contribution in [2.24, 2.45) is 0 Å². The molecular formula is C29H32FN9O3. The highest BCUT2D eigenvalue weighted by molar-refractivity contribution is 6.00. The first-order valence-electron chi connectivity index (χ1n) is 13.9. The van der Waals surface area contributed by atoms with Crippen LogP contribution in [0.2, 0.25) is 0 Å². The van der Waals surface area contributed by atoms with Crippen LogP contribution < -0.4 is 10.6 Å². The number of fused-ring (bicyclic) bond motifs is 1. The lowest BCUT2D eigenvalue weighted by molar-refractivity contribution is -0.0579. The summed E-state index contributed by atoms with van der Waals surface area (Å²) < 4.78 is 23.3. The fraction of sp³-hybridized carbons (Fsp3) is 0.414. The maximum absolute atomic E-state index is 14.4. The van der Waals surface area contributed by atoms with E-state index in [4.69, 9.17) is 4.74 Å². The van der Waals surface area contributed by atoms with Gasteiger partial charge in [0.2, 0.25) is 0 Å². The molecule has 0 bridgehead atoms. The number of likely N-dealkylation sites (tertiary alicyclic amines) is 1. The Kier molecular flexibility index (Phi) is 7.36. The average molecular weight is 574 g/mol. The van der Waals surface area contributed by atoms with Crippen molar-refractivity contribution in [2.75, 3.05) is 38.2 Å². The molecule has 6 heterocycles. The zero-order valence-electron chi connectivity index (χ0n) is 23.4. The van der Waals surface area contributed by atoms with E-state index in [0.29, 0.717) is 34.4 Å². The van der Waals surface area contributed by atoms with Gasteiger partial charge in [-0.15, -0.1) is 0 Å². The van der Waals surface area contributed by atoms with E-state index in [1.807, 2.05) is 23.0 Å². The van der Waals surface area contributed by atoms with Gasteiger partial charge in [0.05, 0.1) is 89.2 Å². The molecule has 0 unspecified atom stereocenters. The van der Waals surface area contributed by atoms with Crippen LogP contribution in [0.4, 0.5) is 15.8 Å². The van der Waals surface area contributed by atoms with Crippen molar-refractivity contribution in [3.8, 4) is 17.5 Å². The topological polar surface area (TPSA) is 146 Å². The number of anilines is 2. The molecule has 4 aromatic rings. The summed E-state index contributed by atoms with van der Waals surface area (Å²) in [6, 6.07) is 9.92. The number of aromatic nitrogens is 5. The molecule has 2 saturated heterocycles. The van der Waals surface area contributed by atoms with Gasteiger partial charge in [-0.3, -0.25) is 19.4 Å². The third kappa shape index (κ3) is 5.56. The van der Waals surface area contributed by atoms with Crippen LogP contribution in [0.3, 0.4) is 0 Å². The van der Waals surface area contributed by atoms with Crippen LogP contribution in [0.5, 0.6) is 0 Å². The Morgan fingerprint density at radius 2 is 2.07 bits per heavy atom. The molecule has 2 fully saturated rings. The van der Waals surface area contributed by atoms with Crippen LogP contribution in [0.1, 0.15) is 42.2 Å². The van der Waals surface area contributed by atoms with Gasteiger partial charge in [-0.2, -0.15) is 15.5 Å². The highest BCUT2D eigenvalue weighted by Gasteiger charge is 2.33. The van der Waals surface area contributed by atoms with Crippen LogP contribution in [-0.2, 0) is 4.74 Å². The Hall–Kier alpha value is -4.38. The molecule has 13 heteroatoms. The number of carbonyl (C=O) groups excluding carboxylic acids is 1. The summed E-state index contributed by atoms with van der Waals surface area (Å²) in [6.07, 6.45) is 5.85. The van der Waals surface area contributed by atoms with Crippen molar-refractivity contribution in [1.82, 2.24) is 34.6 Å². The summed E-state index contributed by atoms with van der Waals surface area (Å²) in [4.78, 5) is 20.1. The monoisotopic (exact) mass is 573 g/mol. The predicted octanol–water partition coefficient (Wildman–Crippen LogP) is 2.69. The lowest BCUT2D eigenvalue weighted by Gasteiger charge is -2.34. The molecule has 0 aromatic carbocycles. The minimum atomic E-state index is -1.66. The maximum Gasteiger partial charge on any atom is 0.255 e. The molecule has 0 saturated carbocycles. The van der Waals surface area contributed by atoms with E-state index in [1.165, 1.54) is 26.2 Å². The molecule has 218 valence electrons. The number of amides is 1. The highest BCUT2D eigenvalue weighted by atomic mass is 19.1. The molecule has 12 nitrogen and oxygen atoms in total. The molecule has 3 N–H and O–H groups in total. The SMILES string of the molecule is CC(C)(O)[C@H](F)CNC(=O)c1cnc(-c2ccc3cc(C#N)cnn23)cc1Nc1cnn([C@H]2CCN(C3COC3)C2)c1. The number of nitriles is 1. The summed E-state index contributed by atoms with van der Waals surface area (Å²) in [6.45, 7) is 5.79. The molecule has 2 atom stereocenters. The van der Waals surface area contributed by atoms with Gasteiger partial charge in [0.1, 0.15) is 12.2 Å². The van der Waals surface area contributed by atoms with E-state index in [9.17, 15) is 19.6 Å². The number of nitrogens with one attached hydrogen (secondary N) is 2. The van der Waals surface area contributed by atoms with E-state index in [1.54, 1.807) is 22.8 Å². The van der Waals surface area contributed by atoms with Crippen molar-refractivity contribution in [3.63, 3.8) is 0 Å². The Bertz CT molecular complexity index is 1650. The largest absolute Gasteiger partial charge is 0.387 e. The minimum absolute atomic E-state index is 0.201.